The van der Waals surface area contributed by atoms with Gasteiger partial charge in [0.2, 0.25) is 11.6 Å². The SMILES string of the molecule is C=CCNC1=C2C[C@H](C)C[C@H](OC)[C@H](O)[C@@H](C)/C=C(\C)C[C@H](OC)/C(OC(N)=O)=C\C=C(/C)C(=O)NC(=CC1=O)C2=O. The van der Waals surface area contributed by atoms with Gasteiger partial charge in [0.15, 0.2) is 0 Å². The molecule has 230 valence electrons. The third-order valence-corrected chi connectivity index (χ3v) is 7.15. The summed E-state index contributed by atoms with van der Waals surface area (Å²) in [5.41, 5.74) is 6.50. The number of nitrogens with two attached hydrogens (primary N) is 1. The number of aliphatic hydroxyl groups excluding tert-OH is 1. The van der Waals surface area contributed by atoms with E-state index in [1.54, 1.807) is 6.08 Å². The molecule has 0 aromatic carbocycles. The van der Waals surface area contributed by atoms with Crippen molar-refractivity contribution in [1.82, 2.24) is 10.6 Å². The van der Waals surface area contributed by atoms with Crippen molar-refractivity contribution >= 4 is 23.6 Å². The van der Waals surface area contributed by atoms with Crippen molar-refractivity contribution in [1.29, 1.82) is 0 Å². The van der Waals surface area contributed by atoms with Crippen molar-refractivity contribution in [2.24, 2.45) is 17.6 Å². The number of primary amides is 1. The van der Waals surface area contributed by atoms with Crippen molar-refractivity contribution in [2.45, 2.75) is 65.3 Å². The van der Waals surface area contributed by atoms with Crippen LogP contribution < -0.4 is 16.4 Å². The van der Waals surface area contributed by atoms with Crippen molar-refractivity contribution in [3.63, 3.8) is 0 Å². The van der Waals surface area contributed by atoms with E-state index in [0.717, 1.165) is 11.6 Å². The summed E-state index contributed by atoms with van der Waals surface area (Å²) in [5, 5.41) is 16.7. The first kappa shape index (κ1) is 34.4. The highest BCUT2D eigenvalue weighted by atomic mass is 16.6. The highest BCUT2D eigenvalue weighted by Gasteiger charge is 2.32. The molecule has 0 saturated heterocycles. The number of hydrogen-bond donors (Lipinski definition) is 4. The van der Waals surface area contributed by atoms with E-state index in [2.05, 4.69) is 17.2 Å². The minimum atomic E-state index is -1.06. The Morgan fingerprint density at radius 1 is 1.17 bits per heavy atom. The number of aliphatic hydroxyl groups is 1. The standard InChI is InChI=1S/C31H43N3O8/c1-8-11-33-27-21-13-18(3)15-26(41-7)28(36)20(5)12-17(2)14-25(40-6)24(42-31(32)39)10-9-19(4)30(38)34-22(29(21)37)16-23(27)35/h8-10,12,16,18,20,25-26,28,33,36H,1,11,13-15H2,2-7H3,(H2,32,39)(H,34,38)/b17-12+,19-9+,24-10+/t18-,20-,25-,26-,28+/m0/s1. The first-order valence-electron chi connectivity index (χ1n) is 13.8. The first-order chi connectivity index (χ1) is 19.8. The summed E-state index contributed by atoms with van der Waals surface area (Å²) in [7, 11) is 2.95. The lowest BCUT2D eigenvalue weighted by atomic mass is 9.85. The third kappa shape index (κ3) is 9.37. The van der Waals surface area contributed by atoms with Gasteiger partial charge in [0, 0.05) is 50.3 Å². The number of fused-ring (bicyclic) bond motifs is 2. The van der Waals surface area contributed by atoms with Crippen LogP contribution in [0.1, 0.15) is 47.0 Å². The molecule has 0 radical (unpaired) electrons. The first-order valence-corrected chi connectivity index (χ1v) is 13.8. The zero-order valence-corrected chi connectivity index (χ0v) is 25.2. The number of rotatable bonds is 6. The summed E-state index contributed by atoms with van der Waals surface area (Å²) in [6, 6.07) is 0. The van der Waals surface area contributed by atoms with Gasteiger partial charge in [-0.25, -0.2) is 4.79 Å². The van der Waals surface area contributed by atoms with E-state index in [4.69, 9.17) is 19.9 Å². The second kappa shape index (κ2) is 16.0. The lowest BCUT2D eigenvalue weighted by Gasteiger charge is -2.29. The molecule has 1 aliphatic heterocycles. The average Bonchev–Trinajstić information content (AvgIpc) is 2.93. The van der Waals surface area contributed by atoms with Gasteiger partial charge in [-0.3, -0.25) is 14.4 Å². The number of methoxy groups -OCH3 is 2. The summed E-state index contributed by atoms with van der Waals surface area (Å²) >= 11 is 0. The maximum atomic E-state index is 13.6. The number of amides is 2. The zero-order chi connectivity index (χ0) is 31.6. The molecule has 0 saturated carbocycles. The van der Waals surface area contributed by atoms with Gasteiger partial charge in [-0.1, -0.05) is 37.6 Å². The Morgan fingerprint density at radius 2 is 1.86 bits per heavy atom. The number of hydrogen-bond acceptors (Lipinski definition) is 9. The van der Waals surface area contributed by atoms with E-state index in [9.17, 15) is 24.3 Å². The van der Waals surface area contributed by atoms with E-state index in [1.165, 1.54) is 33.3 Å². The Kier molecular flexibility index (Phi) is 13.1. The number of carbonyl (C=O) groups is 4. The zero-order valence-electron chi connectivity index (χ0n) is 25.2. The normalized spacial score (nSPS) is 30.5. The van der Waals surface area contributed by atoms with Crippen LogP contribution >= 0.6 is 0 Å². The fourth-order valence-corrected chi connectivity index (χ4v) is 4.93. The van der Waals surface area contributed by atoms with Gasteiger partial charge < -0.3 is 35.7 Å². The van der Waals surface area contributed by atoms with Gasteiger partial charge in [0.05, 0.1) is 23.6 Å². The molecule has 0 aromatic rings. The van der Waals surface area contributed by atoms with Crippen molar-refractivity contribution in [3.8, 4) is 0 Å². The molecule has 0 spiro atoms. The van der Waals surface area contributed by atoms with Crippen molar-refractivity contribution < 1.29 is 38.5 Å². The summed E-state index contributed by atoms with van der Waals surface area (Å²) in [6.45, 7) is 11.0. The molecule has 5 N–H and O–H groups in total. The molecular weight excluding hydrogens is 542 g/mol. The lowest BCUT2D eigenvalue weighted by molar-refractivity contribution is -0.120. The van der Waals surface area contributed by atoms with Gasteiger partial charge >= 0.3 is 6.09 Å². The number of Topliss-reactive ketones (excluding diaryl/α,β-unsaturated/α-hetero) is 1. The molecule has 0 fully saturated rings. The van der Waals surface area contributed by atoms with Crippen LogP contribution in [0, 0.1) is 11.8 Å². The van der Waals surface area contributed by atoms with Crippen LogP contribution in [0.25, 0.3) is 0 Å². The molecule has 11 heteroatoms. The molecule has 2 rings (SSSR count). The highest BCUT2D eigenvalue weighted by Crippen LogP contribution is 2.28. The molecule has 5 atom stereocenters. The molecule has 1 aliphatic carbocycles. The number of carbonyl (C=O) groups excluding carboxylic acids is 4. The molecule has 0 aromatic heterocycles. The Labute approximate surface area is 247 Å². The fourth-order valence-electron chi connectivity index (χ4n) is 4.93. The largest absolute Gasteiger partial charge is 0.412 e. The molecule has 2 bridgehead atoms. The van der Waals surface area contributed by atoms with Crippen LogP contribution in [0.15, 0.2) is 70.8 Å². The monoisotopic (exact) mass is 585 g/mol. The van der Waals surface area contributed by atoms with E-state index in [-0.39, 0.29) is 53.1 Å². The molecule has 2 aliphatic rings. The Morgan fingerprint density at radius 3 is 2.45 bits per heavy atom. The van der Waals surface area contributed by atoms with Crippen LogP contribution in [0.3, 0.4) is 0 Å². The number of nitrogens with one attached hydrogen (secondary N) is 2. The van der Waals surface area contributed by atoms with Crippen LogP contribution in [0.2, 0.25) is 0 Å². The van der Waals surface area contributed by atoms with E-state index in [0.29, 0.717) is 12.8 Å². The summed E-state index contributed by atoms with van der Waals surface area (Å²) in [4.78, 5) is 51.3. The quantitative estimate of drug-likeness (QED) is 0.271. The van der Waals surface area contributed by atoms with Crippen LogP contribution in [0.5, 0.6) is 0 Å². The Bertz CT molecular complexity index is 1230. The second-order valence-electron chi connectivity index (χ2n) is 10.7. The lowest BCUT2D eigenvalue weighted by Crippen LogP contribution is -2.37. The average molecular weight is 586 g/mol. The molecule has 1 heterocycles. The Hall–Kier alpha value is -3.80. The topological polar surface area (TPSA) is 166 Å². The predicted molar refractivity (Wildman–Crippen MR) is 158 cm³/mol. The summed E-state index contributed by atoms with van der Waals surface area (Å²) in [5.74, 6) is -2.03. The fraction of sp³-hybridized carbons (Fsp3) is 0.484. The maximum absolute atomic E-state index is 13.6. The maximum Gasteiger partial charge on any atom is 0.409 e. The highest BCUT2D eigenvalue weighted by molar-refractivity contribution is 6.23. The van der Waals surface area contributed by atoms with Gasteiger partial charge in [-0.15, -0.1) is 6.58 Å². The predicted octanol–water partition coefficient (Wildman–Crippen LogP) is 2.89. The van der Waals surface area contributed by atoms with Gasteiger partial charge in [0.25, 0.3) is 5.91 Å². The molecule has 0 unspecified atom stereocenters. The minimum absolute atomic E-state index is 0.0610. The summed E-state index contributed by atoms with van der Waals surface area (Å²) in [6.07, 6.45) is 4.97. The Balaban J connectivity index is 2.64. The number of allylic oxidation sites excluding steroid dienone is 4. The number of ketones is 2. The summed E-state index contributed by atoms with van der Waals surface area (Å²) < 4.78 is 16.4. The van der Waals surface area contributed by atoms with Crippen molar-refractivity contribution in [2.75, 3.05) is 20.8 Å². The van der Waals surface area contributed by atoms with E-state index < -0.39 is 41.9 Å². The number of ether oxygens (including phenoxy) is 3. The third-order valence-electron chi connectivity index (χ3n) is 7.15. The van der Waals surface area contributed by atoms with Crippen LogP contribution in [0.4, 0.5) is 4.79 Å². The van der Waals surface area contributed by atoms with Gasteiger partial charge in [0.1, 0.15) is 11.9 Å². The van der Waals surface area contributed by atoms with Crippen LogP contribution in [-0.2, 0) is 28.6 Å². The molecular formula is C31H43N3O8. The van der Waals surface area contributed by atoms with Gasteiger partial charge in [-0.05, 0) is 38.7 Å². The van der Waals surface area contributed by atoms with E-state index >= 15 is 0 Å². The van der Waals surface area contributed by atoms with Gasteiger partial charge in [-0.2, -0.15) is 0 Å². The van der Waals surface area contributed by atoms with Crippen molar-refractivity contribution in [3.05, 3.63) is 70.8 Å². The van der Waals surface area contributed by atoms with E-state index in [1.807, 2.05) is 26.8 Å². The molecule has 2 amide bonds. The minimum Gasteiger partial charge on any atom is -0.412 e. The second-order valence-corrected chi connectivity index (χ2v) is 10.7. The van der Waals surface area contributed by atoms with Crippen LogP contribution in [-0.4, -0.2) is 67.7 Å². The smallest absolute Gasteiger partial charge is 0.409 e. The molecule has 11 nitrogen and oxygen atoms in total. The molecule has 42 heavy (non-hydrogen) atoms.